The second kappa shape index (κ2) is 9.40. The number of hydrogen-bond acceptors (Lipinski definition) is 3. The summed E-state index contributed by atoms with van der Waals surface area (Å²) in [4.78, 5) is 0. The first-order chi connectivity index (χ1) is 10.8. The number of hydrogen-bond donors (Lipinski definition) is 3. The minimum atomic E-state index is -4.96. The van der Waals surface area contributed by atoms with E-state index >= 15 is 0 Å². The third-order valence-electron chi connectivity index (χ3n) is 3.25. The zero-order valence-corrected chi connectivity index (χ0v) is 13.9. The van der Waals surface area contributed by atoms with Crippen molar-refractivity contribution in [3.8, 4) is 0 Å². The van der Waals surface area contributed by atoms with Crippen LogP contribution < -0.4 is 11.2 Å². The normalized spacial score (nSPS) is 14.8. The van der Waals surface area contributed by atoms with Crippen LogP contribution in [-0.2, 0) is 0 Å². The van der Waals surface area contributed by atoms with Crippen LogP contribution in [0.5, 0.6) is 0 Å². The third kappa shape index (κ3) is 10.6. The van der Waals surface area contributed by atoms with Crippen LogP contribution in [0.4, 0.5) is 26.3 Å². The monoisotopic (exact) mass is 381 g/mol. The highest BCUT2D eigenvalue weighted by atomic mass is 32.1. The number of hydrazone groups is 1. The summed E-state index contributed by atoms with van der Waals surface area (Å²) in [5.41, 5.74) is 4.12. The maximum atomic E-state index is 12.7. The zero-order chi connectivity index (χ0) is 19.0. The van der Waals surface area contributed by atoms with Crippen molar-refractivity contribution in [1.82, 2.24) is 5.43 Å². The molecule has 0 heterocycles. The number of rotatable bonds is 9. The van der Waals surface area contributed by atoms with E-state index in [0.29, 0.717) is 19.3 Å². The Kier molecular flexibility index (Phi) is 8.97. The number of nitrogens with two attached hydrogens (primary N) is 1. The van der Waals surface area contributed by atoms with Gasteiger partial charge in [-0.05, 0) is 18.6 Å². The molecule has 4 nitrogen and oxygen atoms in total. The van der Waals surface area contributed by atoms with Gasteiger partial charge in [0.2, 0.25) is 0 Å². The molecule has 0 spiro atoms. The molecule has 0 rings (SSSR count). The van der Waals surface area contributed by atoms with E-state index < -0.39 is 36.7 Å². The molecule has 0 bridgehead atoms. The summed E-state index contributed by atoms with van der Waals surface area (Å²) in [6.45, 7) is 1.83. The lowest BCUT2D eigenvalue weighted by molar-refractivity contribution is -0.224. The third-order valence-corrected chi connectivity index (χ3v) is 3.34. The van der Waals surface area contributed by atoms with E-state index in [1.54, 1.807) is 0 Å². The number of nitrogens with zero attached hydrogens (tertiary/aromatic N) is 1. The first-order valence-corrected chi connectivity index (χ1v) is 7.64. The molecule has 0 aliphatic heterocycles. The molecule has 0 aliphatic carbocycles. The average molecular weight is 381 g/mol. The van der Waals surface area contributed by atoms with Crippen molar-refractivity contribution >= 4 is 23.5 Å². The molecule has 0 aliphatic rings. The van der Waals surface area contributed by atoms with Gasteiger partial charge in [-0.3, -0.25) is 5.43 Å². The lowest BCUT2D eigenvalue weighted by Crippen LogP contribution is -2.46. The van der Waals surface area contributed by atoms with Crippen molar-refractivity contribution < 1.29 is 31.4 Å². The van der Waals surface area contributed by atoms with Gasteiger partial charge in [-0.15, -0.1) is 0 Å². The molecular weight excluding hydrogens is 360 g/mol. The van der Waals surface area contributed by atoms with Gasteiger partial charge in [-0.1, -0.05) is 26.2 Å². The van der Waals surface area contributed by atoms with E-state index in [1.165, 1.54) is 0 Å². The van der Waals surface area contributed by atoms with Gasteiger partial charge in [-0.25, -0.2) is 0 Å². The van der Waals surface area contributed by atoms with E-state index in [2.05, 4.69) is 22.7 Å². The van der Waals surface area contributed by atoms with Gasteiger partial charge < -0.3 is 10.8 Å². The molecule has 0 radical (unpaired) electrons. The Morgan fingerprint density at radius 2 is 1.67 bits per heavy atom. The Bertz CT molecular complexity index is 409. The van der Waals surface area contributed by atoms with Crippen LogP contribution in [0, 0.1) is 5.92 Å². The number of alkyl halides is 6. The highest BCUT2D eigenvalue weighted by Gasteiger charge is 2.51. The number of nitrogens with one attached hydrogen (secondary N) is 1. The summed E-state index contributed by atoms with van der Waals surface area (Å²) in [6.07, 6.45) is -11.5. The van der Waals surface area contributed by atoms with Gasteiger partial charge in [-0.2, -0.15) is 31.4 Å². The van der Waals surface area contributed by atoms with Crippen LogP contribution in [0.25, 0.3) is 0 Å². The second-order valence-corrected chi connectivity index (χ2v) is 5.98. The van der Waals surface area contributed by atoms with E-state index in [9.17, 15) is 31.4 Å². The van der Waals surface area contributed by atoms with Crippen LogP contribution in [0.2, 0.25) is 0 Å². The number of aliphatic hydroxyl groups is 1. The second-order valence-electron chi connectivity index (χ2n) is 5.54. The van der Waals surface area contributed by atoms with Crippen LogP contribution >= 0.6 is 12.2 Å². The van der Waals surface area contributed by atoms with Crippen molar-refractivity contribution in [2.75, 3.05) is 0 Å². The molecule has 1 atom stereocenters. The summed E-state index contributed by atoms with van der Waals surface area (Å²) in [5, 5.41) is 13.3. The van der Waals surface area contributed by atoms with E-state index in [0.717, 1.165) is 6.21 Å². The van der Waals surface area contributed by atoms with Crippen molar-refractivity contribution in [3.05, 3.63) is 0 Å². The highest BCUT2D eigenvalue weighted by Crippen LogP contribution is 2.41. The largest absolute Gasteiger partial charge is 0.391 e. The molecule has 142 valence electrons. The SMILES string of the molecule is CCCCCC(/C=N\NC(N)=S)C(O)(CC(F)(F)F)CC(F)(F)F. The van der Waals surface area contributed by atoms with Gasteiger partial charge in [0.1, 0.15) is 0 Å². The standard InChI is InChI=1S/C13H21F6N3OS/c1-2-3-4-5-9(6-21-22-10(20)24)11(23,7-12(14,15)16)8-13(17,18)19/h6,9,23H,2-5,7-8H2,1H3,(H3,20,22,24)/b21-6-. The molecule has 24 heavy (non-hydrogen) atoms. The minimum Gasteiger partial charge on any atom is -0.389 e. The topological polar surface area (TPSA) is 70.6 Å². The fraction of sp³-hybridized carbons (Fsp3) is 0.846. The molecule has 4 N–H and O–H groups in total. The predicted molar refractivity (Wildman–Crippen MR) is 82.3 cm³/mol. The van der Waals surface area contributed by atoms with Gasteiger partial charge in [0, 0.05) is 12.1 Å². The maximum absolute atomic E-state index is 12.7. The lowest BCUT2D eigenvalue weighted by Gasteiger charge is -2.35. The smallest absolute Gasteiger partial charge is 0.389 e. The Morgan fingerprint density at radius 3 is 2.04 bits per heavy atom. The molecule has 0 saturated heterocycles. The molecule has 0 fully saturated rings. The first-order valence-electron chi connectivity index (χ1n) is 7.23. The summed E-state index contributed by atoms with van der Waals surface area (Å²) in [7, 11) is 0. The van der Waals surface area contributed by atoms with Gasteiger partial charge in [0.25, 0.3) is 0 Å². The first kappa shape index (κ1) is 22.9. The van der Waals surface area contributed by atoms with E-state index in [4.69, 9.17) is 5.73 Å². The Hall–Kier alpha value is -1.10. The molecule has 0 aromatic carbocycles. The Morgan fingerprint density at radius 1 is 1.17 bits per heavy atom. The molecule has 11 heteroatoms. The number of halogens is 6. The zero-order valence-electron chi connectivity index (χ0n) is 13.0. The van der Waals surface area contributed by atoms with Crippen molar-refractivity contribution in [2.45, 2.75) is 63.4 Å². The van der Waals surface area contributed by atoms with Crippen LogP contribution in [0.15, 0.2) is 5.10 Å². The molecule has 0 aromatic heterocycles. The van der Waals surface area contributed by atoms with Gasteiger partial charge in [0.05, 0.1) is 18.4 Å². The summed E-state index contributed by atoms with van der Waals surface area (Å²) in [5.74, 6) is -1.46. The Labute approximate surface area is 141 Å². The average Bonchev–Trinajstić information content (AvgIpc) is 2.31. The van der Waals surface area contributed by atoms with Gasteiger partial charge in [0.15, 0.2) is 5.11 Å². The predicted octanol–water partition coefficient (Wildman–Crippen LogP) is 3.64. The molecule has 0 aromatic rings. The van der Waals surface area contributed by atoms with Crippen molar-refractivity contribution in [1.29, 1.82) is 0 Å². The molecule has 0 saturated carbocycles. The van der Waals surface area contributed by atoms with Crippen LogP contribution in [0.3, 0.4) is 0 Å². The summed E-state index contributed by atoms with van der Waals surface area (Å²) in [6, 6.07) is 0. The fourth-order valence-corrected chi connectivity index (χ4v) is 2.36. The quantitative estimate of drug-likeness (QED) is 0.188. The number of unbranched alkanes of at least 4 members (excludes halogenated alkanes) is 2. The molecular formula is C13H21F6N3OS. The van der Waals surface area contributed by atoms with E-state index in [1.807, 2.05) is 6.92 Å². The maximum Gasteiger partial charge on any atom is 0.391 e. The number of thiocarbonyl (C=S) groups is 1. The summed E-state index contributed by atoms with van der Waals surface area (Å²) < 4.78 is 76.2. The van der Waals surface area contributed by atoms with Gasteiger partial charge >= 0.3 is 12.4 Å². The highest BCUT2D eigenvalue weighted by molar-refractivity contribution is 7.80. The Balaban J connectivity index is 5.49. The minimum absolute atomic E-state index is 0.0843. The fourth-order valence-electron chi connectivity index (χ4n) is 2.31. The van der Waals surface area contributed by atoms with Crippen LogP contribution in [-0.4, -0.2) is 34.4 Å². The van der Waals surface area contributed by atoms with Crippen molar-refractivity contribution in [2.24, 2.45) is 16.8 Å². The molecule has 0 amide bonds. The molecule has 1 unspecified atom stereocenters. The van der Waals surface area contributed by atoms with Crippen LogP contribution in [0.1, 0.15) is 45.4 Å². The summed E-state index contributed by atoms with van der Waals surface area (Å²) >= 11 is 4.45. The lowest BCUT2D eigenvalue weighted by atomic mass is 9.79. The van der Waals surface area contributed by atoms with E-state index in [-0.39, 0.29) is 11.5 Å². The van der Waals surface area contributed by atoms with Crippen molar-refractivity contribution in [3.63, 3.8) is 0 Å².